The lowest BCUT2D eigenvalue weighted by Gasteiger charge is -2.38. The second-order valence-electron chi connectivity index (χ2n) is 8.46. The molecule has 0 atom stereocenters. The van der Waals surface area contributed by atoms with Crippen LogP contribution in [0.25, 0.3) is 11.1 Å². The molecule has 2 nitrogen and oxygen atoms in total. The van der Waals surface area contributed by atoms with Crippen LogP contribution in [0.3, 0.4) is 0 Å². The molecule has 0 heterocycles. The van der Waals surface area contributed by atoms with E-state index >= 15 is 0 Å². The van der Waals surface area contributed by atoms with E-state index in [1.807, 2.05) is 39.8 Å². The summed E-state index contributed by atoms with van der Waals surface area (Å²) in [4.78, 5) is 0. The summed E-state index contributed by atoms with van der Waals surface area (Å²) in [5, 5.41) is 11.7. The second kappa shape index (κ2) is 8.43. The van der Waals surface area contributed by atoms with Crippen molar-refractivity contribution in [3.8, 4) is 16.9 Å². The van der Waals surface area contributed by atoms with Gasteiger partial charge in [-0.3, -0.25) is 0 Å². The smallest absolute Gasteiger partial charge is 0.131 e. The summed E-state index contributed by atoms with van der Waals surface area (Å²) >= 11 is 0. The number of rotatable bonds is 7. The van der Waals surface area contributed by atoms with Gasteiger partial charge in [0, 0.05) is 5.56 Å². The summed E-state index contributed by atoms with van der Waals surface area (Å²) in [5.41, 5.74) is 2.08. The van der Waals surface area contributed by atoms with E-state index in [2.05, 4.69) is 19.9 Å². The number of ether oxygens (including phenoxy) is 1. The lowest BCUT2D eigenvalue weighted by molar-refractivity contribution is -0.0526. The van der Waals surface area contributed by atoms with Gasteiger partial charge in [0.2, 0.25) is 0 Å². The Balaban J connectivity index is 2.78. The predicted molar refractivity (Wildman–Crippen MR) is 111 cm³/mol. The zero-order valence-corrected chi connectivity index (χ0v) is 17.6. The van der Waals surface area contributed by atoms with Crippen LogP contribution < -0.4 is 4.74 Å². The van der Waals surface area contributed by atoms with Crippen LogP contribution >= 0.6 is 0 Å². The molecule has 0 aromatic heterocycles. The van der Waals surface area contributed by atoms with Crippen LogP contribution in [0.5, 0.6) is 5.75 Å². The van der Waals surface area contributed by atoms with Gasteiger partial charge in [-0.15, -0.1) is 0 Å². The Morgan fingerprint density at radius 2 is 1.56 bits per heavy atom. The molecule has 0 spiro atoms. The molecule has 0 unspecified atom stereocenters. The maximum absolute atomic E-state index is 14.7. The van der Waals surface area contributed by atoms with E-state index in [9.17, 15) is 9.50 Å². The van der Waals surface area contributed by atoms with Crippen molar-refractivity contribution in [1.29, 1.82) is 0 Å². The summed E-state index contributed by atoms with van der Waals surface area (Å²) in [7, 11) is 1.57. The number of hydrogen-bond donors (Lipinski definition) is 1. The average molecular weight is 373 g/mol. The first kappa shape index (κ1) is 21.4. The molecule has 2 aromatic rings. The van der Waals surface area contributed by atoms with Crippen molar-refractivity contribution in [1.82, 2.24) is 0 Å². The normalized spacial score (nSPS) is 12.3. The van der Waals surface area contributed by atoms with Gasteiger partial charge in [-0.25, -0.2) is 4.39 Å². The minimum atomic E-state index is -1.06. The summed E-state index contributed by atoms with van der Waals surface area (Å²) in [6.45, 7) is 12.4. The summed E-state index contributed by atoms with van der Waals surface area (Å²) in [5.74, 6) is 0.756. The maximum Gasteiger partial charge on any atom is 0.131 e. The molecule has 0 amide bonds. The first-order valence-corrected chi connectivity index (χ1v) is 9.80. The zero-order chi connectivity index (χ0) is 20.4. The largest absolute Gasteiger partial charge is 0.497 e. The minimum absolute atomic E-state index is 0.0146. The molecule has 0 radical (unpaired) electrons. The highest BCUT2D eigenvalue weighted by molar-refractivity contribution is 5.71. The Morgan fingerprint density at radius 3 is 2.07 bits per heavy atom. The van der Waals surface area contributed by atoms with Gasteiger partial charge in [-0.1, -0.05) is 59.7 Å². The van der Waals surface area contributed by atoms with Crippen molar-refractivity contribution >= 4 is 0 Å². The van der Waals surface area contributed by atoms with Gasteiger partial charge >= 0.3 is 0 Å². The first-order chi connectivity index (χ1) is 12.6. The Kier molecular flexibility index (Phi) is 6.69. The average Bonchev–Trinajstić information content (AvgIpc) is 2.60. The molecule has 2 aromatic carbocycles. The van der Waals surface area contributed by atoms with E-state index in [-0.39, 0.29) is 17.7 Å². The standard InChI is InChI=1S/C24H33FO2/c1-15(2)12-18-8-10-20(21-14-19(27-7)9-11-23(21)25)22(13-18)24(26,16(3)4)17(5)6/h8-11,13-17,26H,12H2,1-7H3. The van der Waals surface area contributed by atoms with Gasteiger partial charge in [0.1, 0.15) is 11.6 Å². The van der Waals surface area contributed by atoms with Gasteiger partial charge in [0.25, 0.3) is 0 Å². The molecule has 148 valence electrons. The molecule has 0 saturated heterocycles. The SMILES string of the molecule is COc1ccc(F)c(-c2ccc(CC(C)C)cc2C(O)(C(C)C)C(C)C)c1. The summed E-state index contributed by atoms with van der Waals surface area (Å²) < 4.78 is 20.0. The second-order valence-corrected chi connectivity index (χ2v) is 8.46. The summed E-state index contributed by atoms with van der Waals surface area (Å²) in [6, 6.07) is 10.8. The van der Waals surface area contributed by atoms with E-state index in [0.717, 1.165) is 23.1 Å². The third-order valence-electron chi connectivity index (χ3n) is 5.38. The van der Waals surface area contributed by atoms with Crippen LogP contribution in [-0.2, 0) is 12.0 Å². The van der Waals surface area contributed by atoms with Crippen LogP contribution in [0.15, 0.2) is 36.4 Å². The van der Waals surface area contributed by atoms with Crippen molar-refractivity contribution in [3.63, 3.8) is 0 Å². The third-order valence-corrected chi connectivity index (χ3v) is 5.38. The molecule has 0 aliphatic rings. The quantitative estimate of drug-likeness (QED) is 0.627. The van der Waals surface area contributed by atoms with Gasteiger partial charge in [-0.2, -0.15) is 0 Å². The Bertz CT molecular complexity index is 770. The van der Waals surface area contributed by atoms with Crippen molar-refractivity contribution in [2.24, 2.45) is 17.8 Å². The van der Waals surface area contributed by atoms with Crippen molar-refractivity contribution in [2.45, 2.75) is 53.6 Å². The molecule has 2 rings (SSSR count). The van der Waals surface area contributed by atoms with Crippen molar-refractivity contribution in [2.75, 3.05) is 7.11 Å². The molecular weight excluding hydrogens is 339 g/mol. The number of hydrogen-bond acceptors (Lipinski definition) is 2. The number of aliphatic hydroxyl groups is 1. The minimum Gasteiger partial charge on any atom is -0.497 e. The molecule has 3 heteroatoms. The summed E-state index contributed by atoms with van der Waals surface area (Å²) in [6.07, 6.45) is 0.917. The highest BCUT2D eigenvalue weighted by Gasteiger charge is 2.39. The van der Waals surface area contributed by atoms with Gasteiger partial charge in [0.15, 0.2) is 0 Å². The third kappa shape index (κ3) is 4.35. The molecule has 0 saturated carbocycles. The fourth-order valence-corrected chi connectivity index (χ4v) is 3.88. The molecule has 0 bridgehead atoms. The molecule has 0 aliphatic heterocycles. The first-order valence-electron chi connectivity index (χ1n) is 9.80. The lowest BCUT2D eigenvalue weighted by atomic mass is 9.72. The van der Waals surface area contributed by atoms with Gasteiger partial charge < -0.3 is 9.84 Å². The Hall–Kier alpha value is -1.87. The van der Waals surface area contributed by atoms with Crippen LogP contribution in [0.2, 0.25) is 0 Å². The van der Waals surface area contributed by atoms with Crippen LogP contribution in [0, 0.1) is 23.6 Å². The van der Waals surface area contributed by atoms with E-state index in [1.165, 1.54) is 6.07 Å². The van der Waals surface area contributed by atoms with Crippen molar-refractivity contribution < 1.29 is 14.2 Å². The zero-order valence-electron chi connectivity index (χ0n) is 17.6. The lowest BCUT2D eigenvalue weighted by Crippen LogP contribution is -2.38. The molecular formula is C24H33FO2. The highest BCUT2D eigenvalue weighted by Crippen LogP contribution is 2.43. The van der Waals surface area contributed by atoms with Gasteiger partial charge in [-0.05, 0) is 59.1 Å². The topological polar surface area (TPSA) is 29.5 Å². The monoisotopic (exact) mass is 372 g/mol. The Labute approximate surface area is 163 Å². The van der Waals surface area contributed by atoms with E-state index < -0.39 is 5.60 Å². The Morgan fingerprint density at radius 1 is 0.926 bits per heavy atom. The van der Waals surface area contributed by atoms with Crippen molar-refractivity contribution in [3.05, 3.63) is 53.3 Å². The van der Waals surface area contributed by atoms with Crippen LogP contribution in [0.4, 0.5) is 4.39 Å². The predicted octanol–water partition coefficient (Wildman–Crippen LogP) is 6.20. The fourth-order valence-electron chi connectivity index (χ4n) is 3.88. The fraction of sp³-hybridized carbons (Fsp3) is 0.500. The molecule has 0 aliphatic carbocycles. The molecule has 1 N–H and O–H groups in total. The highest BCUT2D eigenvalue weighted by atomic mass is 19.1. The van der Waals surface area contributed by atoms with Crippen LogP contribution in [0.1, 0.15) is 52.7 Å². The number of halogens is 1. The van der Waals surface area contributed by atoms with Crippen LogP contribution in [-0.4, -0.2) is 12.2 Å². The van der Waals surface area contributed by atoms with E-state index in [0.29, 0.717) is 17.2 Å². The van der Waals surface area contributed by atoms with E-state index in [4.69, 9.17) is 4.74 Å². The molecule has 0 fully saturated rings. The number of benzene rings is 2. The molecule has 27 heavy (non-hydrogen) atoms. The van der Waals surface area contributed by atoms with Gasteiger partial charge in [0.05, 0.1) is 12.7 Å². The number of methoxy groups -OCH3 is 1. The maximum atomic E-state index is 14.7. The van der Waals surface area contributed by atoms with E-state index in [1.54, 1.807) is 19.2 Å².